The van der Waals surface area contributed by atoms with Crippen molar-refractivity contribution >= 4 is 17.1 Å². The Hall–Kier alpha value is -3.26. The summed E-state index contributed by atoms with van der Waals surface area (Å²) < 4.78 is 0. The number of hydrogen-bond acceptors (Lipinski definition) is 2. The summed E-state index contributed by atoms with van der Waals surface area (Å²) in [5.41, 5.74) is 6.48. The van der Waals surface area contributed by atoms with Gasteiger partial charge in [-0.1, -0.05) is 99.1 Å². The van der Waals surface area contributed by atoms with Gasteiger partial charge in [-0.2, -0.15) is 0 Å². The number of aryl methyl sites for hydroxylation is 2. The molecule has 0 heterocycles. The zero-order valence-corrected chi connectivity index (χ0v) is 18.8. The van der Waals surface area contributed by atoms with Crippen LogP contribution in [0.1, 0.15) is 76.1 Å². The molecule has 31 heavy (non-hydrogen) atoms. The van der Waals surface area contributed by atoms with E-state index in [0.717, 1.165) is 23.1 Å². The van der Waals surface area contributed by atoms with E-state index < -0.39 is 0 Å². The van der Waals surface area contributed by atoms with Gasteiger partial charge in [0.25, 0.3) is 0 Å². The van der Waals surface area contributed by atoms with E-state index in [2.05, 4.69) is 20.8 Å². The second kappa shape index (κ2) is 10.2. The van der Waals surface area contributed by atoms with Gasteiger partial charge in [0.05, 0.1) is 0 Å². The van der Waals surface area contributed by atoms with Gasteiger partial charge in [-0.15, -0.1) is 0 Å². The number of rotatable bonds is 8. The molecule has 0 fully saturated rings. The largest absolute Gasteiger partial charge is 0.294 e. The summed E-state index contributed by atoms with van der Waals surface area (Å²) in [6.45, 7) is 8.38. The summed E-state index contributed by atoms with van der Waals surface area (Å²) in [4.78, 5) is 26.0. The maximum atomic E-state index is 13.0. The third-order valence-electron chi connectivity index (χ3n) is 5.62. The van der Waals surface area contributed by atoms with Crippen LogP contribution in [0.15, 0.2) is 78.9 Å². The molecule has 0 aliphatic rings. The zero-order valence-electron chi connectivity index (χ0n) is 18.8. The van der Waals surface area contributed by atoms with E-state index in [1.807, 2.05) is 79.7 Å². The van der Waals surface area contributed by atoms with Crippen molar-refractivity contribution in [2.75, 3.05) is 0 Å². The first-order valence-electron chi connectivity index (χ1n) is 10.9. The summed E-state index contributed by atoms with van der Waals surface area (Å²) >= 11 is 0. The number of hydrogen-bond donors (Lipinski definition) is 0. The van der Waals surface area contributed by atoms with Crippen molar-refractivity contribution in [3.8, 4) is 0 Å². The van der Waals surface area contributed by atoms with Gasteiger partial charge in [0.1, 0.15) is 0 Å². The molecule has 3 aromatic rings. The number of ketones is 2. The summed E-state index contributed by atoms with van der Waals surface area (Å²) in [6, 6.07) is 23.4. The smallest absolute Gasteiger partial charge is 0.186 e. The summed E-state index contributed by atoms with van der Waals surface area (Å²) in [5, 5.41) is 0. The fourth-order valence-corrected chi connectivity index (χ4v) is 3.48. The number of benzene rings is 3. The first-order chi connectivity index (χ1) is 14.9. The average molecular weight is 411 g/mol. The molecule has 0 unspecified atom stereocenters. The van der Waals surface area contributed by atoms with Gasteiger partial charge in [-0.3, -0.25) is 9.59 Å². The van der Waals surface area contributed by atoms with Crippen molar-refractivity contribution < 1.29 is 9.59 Å². The minimum atomic E-state index is -0.0822. The van der Waals surface area contributed by atoms with Gasteiger partial charge in [0, 0.05) is 17.5 Å². The van der Waals surface area contributed by atoms with E-state index >= 15 is 0 Å². The van der Waals surface area contributed by atoms with Gasteiger partial charge in [-0.25, -0.2) is 0 Å². The molecule has 0 aliphatic carbocycles. The maximum absolute atomic E-state index is 13.0. The van der Waals surface area contributed by atoms with Gasteiger partial charge >= 0.3 is 0 Å². The van der Waals surface area contributed by atoms with Crippen LogP contribution in [-0.4, -0.2) is 11.6 Å². The molecule has 0 aromatic heterocycles. The fraction of sp³-hybridized carbons (Fsp3) is 0.241. The monoisotopic (exact) mass is 410 g/mol. The quantitative estimate of drug-likeness (QED) is 0.290. The maximum Gasteiger partial charge on any atom is 0.186 e. The van der Waals surface area contributed by atoms with Crippen LogP contribution < -0.4 is 0 Å². The Labute approximate surface area is 185 Å². The van der Waals surface area contributed by atoms with Crippen LogP contribution in [0.2, 0.25) is 0 Å². The van der Waals surface area contributed by atoms with Gasteiger partial charge in [0.2, 0.25) is 0 Å². The highest BCUT2D eigenvalue weighted by molar-refractivity contribution is 6.11. The van der Waals surface area contributed by atoms with Crippen molar-refractivity contribution in [1.29, 1.82) is 0 Å². The van der Waals surface area contributed by atoms with Gasteiger partial charge in [-0.05, 0) is 47.6 Å². The van der Waals surface area contributed by atoms with E-state index in [-0.39, 0.29) is 18.0 Å². The van der Waals surface area contributed by atoms with Crippen LogP contribution in [0.4, 0.5) is 0 Å². The van der Waals surface area contributed by atoms with E-state index in [9.17, 15) is 9.59 Å². The number of carbonyl (C=O) groups excluding carboxylic acids is 2. The molecule has 158 valence electrons. The lowest BCUT2D eigenvalue weighted by molar-refractivity contribution is 0.0998. The van der Waals surface area contributed by atoms with Crippen LogP contribution in [0.25, 0.3) is 5.57 Å². The Kier molecular flexibility index (Phi) is 7.36. The number of allylic oxidation sites excluding steroid dienone is 2. The average Bonchev–Trinajstić information content (AvgIpc) is 2.79. The first-order valence-corrected chi connectivity index (χ1v) is 10.9. The summed E-state index contributed by atoms with van der Waals surface area (Å²) in [7, 11) is 0. The second-order valence-electron chi connectivity index (χ2n) is 8.33. The molecule has 0 N–H and O–H groups in total. The number of Topliss-reactive ketones (excluding diaryl/α,β-unsaturated/α-hetero) is 1. The van der Waals surface area contributed by atoms with Crippen LogP contribution in [-0.2, 0) is 6.42 Å². The van der Waals surface area contributed by atoms with E-state index in [1.165, 1.54) is 11.1 Å². The van der Waals surface area contributed by atoms with E-state index in [1.54, 1.807) is 6.08 Å². The topological polar surface area (TPSA) is 34.1 Å². The normalized spacial score (nSPS) is 11.6. The van der Waals surface area contributed by atoms with Crippen LogP contribution in [0.3, 0.4) is 0 Å². The Balaban J connectivity index is 1.90. The highest BCUT2D eigenvalue weighted by atomic mass is 16.1. The molecule has 0 aliphatic heterocycles. The molecular weight excluding hydrogens is 380 g/mol. The standard InChI is InChI=1S/C29H30O2/c1-5-22-8-12-25(13-9-22)28(30)18-27(24-10-6-21(4)7-11-24)19-29(31)26-16-14-23(15-17-26)20(2)3/h6-18,20H,5,19H2,1-4H3/b27-18-. The Bertz CT molecular complexity index is 1070. The lowest BCUT2D eigenvalue weighted by Gasteiger charge is -2.10. The summed E-state index contributed by atoms with van der Waals surface area (Å²) in [6.07, 6.45) is 2.73. The van der Waals surface area contributed by atoms with Crippen molar-refractivity contribution in [3.05, 3.63) is 112 Å². The molecule has 2 heteroatoms. The number of carbonyl (C=O) groups is 2. The molecule has 0 amide bonds. The molecule has 3 aromatic carbocycles. The minimum absolute atomic E-state index is 0.0104. The van der Waals surface area contributed by atoms with E-state index in [4.69, 9.17) is 0 Å². The van der Waals surface area contributed by atoms with Crippen LogP contribution in [0.5, 0.6) is 0 Å². The van der Waals surface area contributed by atoms with Gasteiger partial charge in [0.15, 0.2) is 11.6 Å². The highest BCUT2D eigenvalue weighted by Gasteiger charge is 2.14. The summed E-state index contributed by atoms with van der Waals surface area (Å²) in [5.74, 6) is 0.348. The first kappa shape index (κ1) is 22.4. The minimum Gasteiger partial charge on any atom is -0.294 e. The van der Waals surface area contributed by atoms with Crippen molar-refractivity contribution in [1.82, 2.24) is 0 Å². The Morgan fingerprint density at radius 1 is 0.774 bits per heavy atom. The molecule has 0 bridgehead atoms. The molecular formula is C29H30O2. The fourth-order valence-electron chi connectivity index (χ4n) is 3.48. The molecule has 2 nitrogen and oxygen atoms in total. The van der Waals surface area contributed by atoms with Crippen molar-refractivity contribution in [3.63, 3.8) is 0 Å². The third-order valence-corrected chi connectivity index (χ3v) is 5.62. The van der Waals surface area contributed by atoms with Crippen molar-refractivity contribution in [2.24, 2.45) is 0 Å². The molecule has 0 radical (unpaired) electrons. The zero-order chi connectivity index (χ0) is 22.4. The predicted octanol–water partition coefficient (Wildman–Crippen LogP) is 7.22. The molecule has 3 rings (SSSR count). The van der Waals surface area contributed by atoms with Crippen molar-refractivity contribution in [2.45, 2.75) is 46.5 Å². The molecule has 0 saturated heterocycles. The van der Waals surface area contributed by atoms with Crippen LogP contribution in [0, 0.1) is 6.92 Å². The Morgan fingerprint density at radius 2 is 1.32 bits per heavy atom. The molecule has 0 spiro atoms. The van der Waals surface area contributed by atoms with Crippen LogP contribution >= 0.6 is 0 Å². The molecule has 0 atom stereocenters. The SMILES string of the molecule is CCc1ccc(C(=O)/C=C(/CC(=O)c2ccc(C(C)C)cc2)c2ccc(C)cc2)cc1. The lowest BCUT2D eigenvalue weighted by atomic mass is 9.93. The second-order valence-corrected chi connectivity index (χ2v) is 8.33. The Morgan fingerprint density at radius 3 is 1.87 bits per heavy atom. The van der Waals surface area contributed by atoms with Gasteiger partial charge < -0.3 is 0 Å². The van der Waals surface area contributed by atoms with E-state index in [0.29, 0.717) is 17.0 Å². The predicted molar refractivity (Wildman–Crippen MR) is 129 cm³/mol. The molecule has 0 saturated carbocycles. The third kappa shape index (κ3) is 5.88. The highest BCUT2D eigenvalue weighted by Crippen LogP contribution is 2.24. The lowest BCUT2D eigenvalue weighted by Crippen LogP contribution is -2.04.